The second-order valence-electron chi connectivity index (χ2n) is 4.89. The highest BCUT2D eigenvalue weighted by Crippen LogP contribution is 2.25. The minimum Gasteiger partial charge on any atom is -0.457 e. The summed E-state index contributed by atoms with van der Waals surface area (Å²) in [5.74, 6) is 0.532. The number of nitrogens with zero attached hydrogens (tertiary/aromatic N) is 3. The van der Waals surface area contributed by atoms with Gasteiger partial charge in [-0.05, 0) is 24.3 Å². The number of rotatable bonds is 5. The fraction of sp³-hybridized carbons (Fsp3) is 0.118. The molecule has 2 heterocycles. The van der Waals surface area contributed by atoms with Crippen LogP contribution in [-0.2, 0) is 18.4 Å². The third-order valence-electron chi connectivity index (χ3n) is 3.10. The molecule has 0 saturated heterocycles. The van der Waals surface area contributed by atoms with Gasteiger partial charge in [-0.2, -0.15) is 5.10 Å². The lowest BCUT2D eigenvalue weighted by Crippen LogP contribution is -2.06. The molecule has 0 aliphatic rings. The van der Waals surface area contributed by atoms with Crippen molar-refractivity contribution in [3.05, 3.63) is 72.3 Å². The first-order valence-electron chi connectivity index (χ1n) is 7.04. The summed E-state index contributed by atoms with van der Waals surface area (Å²) in [6, 6.07) is 10.5. The van der Waals surface area contributed by atoms with Gasteiger partial charge in [-0.3, -0.25) is 9.67 Å². The van der Waals surface area contributed by atoms with Crippen LogP contribution in [0.15, 0.2) is 61.2 Å². The Morgan fingerprint density at radius 1 is 1.17 bits per heavy atom. The maximum Gasteiger partial charge on any atom is 0.342 e. The number of esters is 1. The average molecular weight is 309 g/mol. The number of hydrogen-bond acceptors (Lipinski definition) is 5. The lowest BCUT2D eigenvalue weighted by Gasteiger charge is -2.10. The van der Waals surface area contributed by atoms with Gasteiger partial charge in [-0.25, -0.2) is 4.79 Å². The molecule has 0 spiro atoms. The van der Waals surface area contributed by atoms with Crippen LogP contribution in [0, 0.1) is 0 Å². The van der Waals surface area contributed by atoms with E-state index in [1.54, 1.807) is 65.9 Å². The second kappa shape index (κ2) is 6.74. The van der Waals surface area contributed by atoms with E-state index in [1.807, 2.05) is 7.05 Å². The van der Waals surface area contributed by atoms with Crippen LogP contribution in [0.25, 0.3) is 0 Å². The Balaban J connectivity index is 1.72. The molecule has 2 aromatic heterocycles. The van der Waals surface area contributed by atoms with Gasteiger partial charge in [0.25, 0.3) is 0 Å². The normalized spacial score (nSPS) is 10.3. The lowest BCUT2D eigenvalue weighted by atomic mass is 10.2. The molecule has 0 N–H and O–H groups in total. The Morgan fingerprint density at radius 2 is 2.04 bits per heavy atom. The number of aryl methyl sites for hydroxylation is 1. The van der Waals surface area contributed by atoms with Crippen LogP contribution in [-0.4, -0.2) is 20.7 Å². The van der Waals surface area contributed by atoms with Crippen molar-refractivity contribution in [1.29, 1.82) is 0 Å². The summed E-state index contributed by atoms with van der Waals surface area (Å²) in [7, 11) is 1.81. The molecule has 0 radical (unpaired) electrons. The summed E-state index contributed by atoms with van der Waals surface area (Å²) in [5, 5.41) is 4.03. The Kier molecular flexibility index (Phi) is 4.33. The van der Waals surface area contributed by atoms with Gasteiger partial charge in [-0.1, -0.05) is 12.1 Å². The van der Waals surface area contributed by atoms with Crippen molar-refractivity contribution in [3.63, 3.8) is 0 Å². The maximum absolute atomic E-state index is 12.3. The number of pyridine rings is 1. The third kappa shape index (κ3) is 3.74. The fourth-order valence-electron chi connectivity index (χ4n) is 2.03. The predicted molar refractivity (Wildman–Crippen MR) is 83.1 cm³/mol. The molecule has 1 aromatic carbocycles. The van der Waals surface area contributed by atoms with Crippen molar-refractivity contribution in [2.75, 3.05) is 0 Å². The van der Waals surface area contributed by atoms with Crippen LogP contribution in [0.2, 0.25) is 0 Å². The topological polar surface area (TPSA) is 66.2 Å². The van der Waals surface area contributed by atoms with Gasteiger partial charge >= 0.3 is 5.97 Å². The molecule has 0 fully saturated rings. The van der Waals surface area contributed by atoms with Crippen LogP contribution in [0.3, 0.4) is 0 Å². The second-order valence-corrected chi connectivity index (χ2v) is 4.89. The number of hydrogen-bond donors (Lipinski definition) is 0. The van der Waals surface area contributed by atoms with Gasteiger partial charge in [0.05, 0.1) is 12.4 Å². The number of ether oxygens (including phenoxy) is 2. The van der Waals surface area contributed by atoms with Crippen molar-refractivity contribution >= 4 is 5.97 Å². The van der Waals surface area contributed by atoms with E-state index in [1.165, 1.54) is 0 Å². The Labute approximate surface area is 133 Å². The zero-order chi connectivity index (χ0) is 16.1. The molecule has 0 saturated carbocycles. The highest BCUT2D eigenvalue weighted by atomic mass is 16.5. The molecule has 23 heavy (non-hydrogen) atoms. The summed E-state index contributed by atoms with van der Waals surface area (Å²) in [5.41, 5.74) is 1.19. The first-order valence-corrected chi connectivity index (χ1v) is 7.04. The van der Waals surface area contributed by atoms with E-state index in [9.17, 15) is 4.79 Å². The summed E-state index contributed by atoms with van der Waals surface area (Å²) in [4.78, 5) is 16.3. The third-order valence-corrected chi connectivity index (χ3v) is 3.10. The molecule has 3 aromatic rings. The summed E-state index contributed by atoms with van der Waals surface area (Å²) >= 11 is 0. The predicted octanol–water partition coefficient (Wildman–Crippen LogP) is 2.96. The lowest BCUT2D eigenvalue weighted by molar-refractivity contribution is 0.0470. The molecule has 116 valence electrons. The molecular formula is C17H15N3O3. The number of benzene rings is 1. The molecule has 0 amide bonds. The monoisotopic (exact) mass is 309 g/mol. The summed E-state index contributed by atoms with van der Waals surface area (Å²) in [6.45, 7) is 0.161. The number of carbonyl (C=O) groups is 1. The minimum atomic E-state index is -0.451. The summed E-state index contributed by atoms with van der Waals surface area (Å²) in [6.07, 6.45) is 6.69. The van der Waals surface area contributed by atoms with E-state index < -0.39 is 5.97 Å². The standard InChI is InChI=1S/C17H15N3O3/c1-20-11-13(9-19-20)12-22-17(21)15-6-2-3-7-16(15)23-14-5-4-8-18-10-14/h2-11H,12H2,1H3. The van der Waals surface area contributed by atoms with Crippen LogP contribution >= 0.6 is 0 Å². The molecule has 0 aliphatic heterocycles. The first kappa shape index (κ1) is 14.8. The molecule has 3 rings (SSSR count). The average Bonchev–Trinajstić information content (AvgIpc) is 3.00. The molecule has 0 atom stereocenters. The first-order chi connectivity index (χ1) is 11.2. The summed E-state index contributed by atoms with van der Waals surface area (Å²) < 4.78 is 12.7. The maximum atomic E-state index is 12.3. The number of carbonyl (C=O) groups excluding carboxylic acids is 1. The smallest absolute Gasteiger partial charge is 0.342 e. The zero-order valence-electron chi connectivity index (χ0n) is 12.5. The van der Waals surface area contributed by atoms with Gasteiger partial charge in [0.1, 0.15) is 23.7 Å². The van der Waals surface area contributed by atoms with Crippen LogP contribution in [0.4, 0.5) is 0 Å². The number of para-hydroxylation sites is 1. The van der Waals surface area contributed by atoms with E-state index in [0.29, 0.717) is 17.1 Å². The van der Waals surface area contributed by atoms with Crippen molar-refractivity contribution < 1.29 is 14.3 Å². The van der Waals surface area contributed by atoms with Crippen molar-refractivity contribution in [3.8, 4) is 11.5 Å². The van der Waals surface area contributed by atoms with Crippen molar-refractivity contribution in [1.82, 2.24) is 14.8 Å². The minimum absolute atomic E-state index is 0.161. The van der Waals surface area contributed by atoms with Crippen LogP contribution in [0.5, 0.6) is 11.5 Å². The highest BCUT2D eigenvalue weighted by Gasteiger charge is 2.14. The largest absolute Gasteiger partial charge is 0.457 e. The highest BCUT2D eigenvalue weighted by molar-refractivity contribution is 5.92. The van der Waals surface area contributed by atoms with Gasteiger partial charge in [0.15, 0.2) is 0 Å². The Bertz CT molecular complexity index is 800. The van der Waals surface area contributed by atoms with Crippen LogP contribution in [0.1, 0.15) is 15.9 Å². The SMILES string of the molecule is Cn1cc(COC(=O)c2ccccc2Oc2cccnc2)cn1. The van der Waals surface area contributed by atoms with Crippen LogP contribution < -0.4 is 4.74 Å². The zero-order valence-corrected chi connectivity index (χ0v) is 12.5. The van der Waals surface area contributed by atoms with Gasteiger partial charge in [0, 0.05) is 25.0 Å². The molecule has 6 heteroatoms. The Morgan fingerprint density at radius 3 is 2.78 bits per heavy atom. The number of aromatic nitrogens is 3. The molecule has 0 unspecified atom stereocenters. The molecule has 6 nitrogen and oxygen atoms in total. The fourth-order valence-corrected chi connectivity index (χ4v) is 2.03. The van der Waals surface area contributed by atoms with Gasteiger partial charge in [0.2, 0.25) is 0 Å². The quantitative estimate of drug-likeness (QED) is 0.678. The van der Waals surface area contributed by atoms with Crippen molar-refractivity contribution in [2.45, 2.75) is 6.61 Å². The van der Waals surface area contributed by atoms with E-state index in [2.05, 4.69) is 10.1 Å². The van der Waals surface area contributed by atoms with E-state index in [0.717, 1.165) is 5.56 Å². The van der Waals surface area contributed by atoms with E-state index in [-0.39, 0.29) is 6.61 Å². The molecular weight excluding hydrogens is 294 g/mol. The van der Waals surface area contributed by atoms with E-state index in [4.69, 9.17) is 9.47 Å². The molecule has 0 aliphatic carbocycles. The van der Waals surface area contributed by atoms with Crippen molar-refractivity contribution in [2.24, 2.45) is 7.05 Å². The van der Waals surface area contributed by atoms with Gasteiger partial charge in [-0.15, -0.1) is 0 Å². The molecule has 0 bridgehead atoms. The van der Waals surface area contributed by atoms with Gasteiger partial charge < -0.3 is 9.47 Å². The van der Waals surface area contributed by atoms with E-state index >= 15 is 0 Å². The Hall–Kier alpha value is -3.15.